The number of aliphatic hydroxyl groups excluding tert-OH is 1. The SMILES string of the molecule is CC1(C)O[C@@H]2C[C@](C)([C@@H]3COC(=O)O3)O[C@]2(C)C[C@H]1O. The van der Waals surface area contributed by atoms with Crippen molar-refractivity contribution in [2.45, 2.75) is 75.7 Å². The van der Waals surface area contributed by atoms with E-state index in [0.717, 1.165) is 0 Å². The average molecular weight is 286 g/mol. The van der Waals surface area contributed by atoms with Crippen LogP contribution in [0.2, 0.25) is 0 Å². The summed E-state index contributed by atoms with van der Waals surface area (Å²) in [7, 11) is 0. The molecular weight excluding hydrogens is 264 g/mol. The monoisotopic (exact) mass is 286 g/mol. The van der Waals surface area contributed by atoms with Crippen LogP contribution in [-0.4, -0.2) is 53.0 Å². The minimum Gasteiger partial charge on any atom is -0.430 e. The zero-order valence-corrected chi connectivity index (χ0v) is 12.3. The van der Waals surface area contributed by atoms with Crippen LogP contribution < -0.4 is 0 Å². The van der Waals surface area contributed by atoms with E-state index in [2.05, 4.69) is 0 Å². The molecule has 114 valence electrons. The van der Waals surface area contributed by atoms with E-state index in [1.54, 1.807) is 0 Å². The van der Waals surface area contributed by atoms with Crippen molar-refractivity contribution < 1.29 is 28.8 Å². The minimum absolute atomic E-state index is 0.134. The highest BCUT2D eigenvalue weighted by atomic mass is 16.8. The molecule has 0 saturated carbocycles. The molecule has 0 aliphatic carbocycles. The second-order valence-corrected chi connectivity index (χ2v) is 7.03. The molecule has 20 heavy (non-hydrogen) atoms. The van der Waals surface area contributed by atoms with Gasteiger partial charge < -0.3 is 24.1 Å². The molecule has 0 unspecified atom stereocenters. The lowest BCUT2D eigenvalue weighted by Gasteiger charge is -2.46. The standard InChI is InChI=1S/C14H22O6/c1-12(2)8(15)5-13(3)9(19-12)6-14(4,20-13)10-7-17-11(16)18-10/h8-10,15H,5-7H2,1-4H3/t8-,9-,10+,13-,14-/m1/s1. The first-order valence-electron chi connectivity index (χ1n) is 7.04. The van der Waals surface area contributed by atoms with Gasteiger partial charge >= 0.3 is 6.16 Å². The van der Waals surface area contributed by atoms with E-state index in [4.69, 9.17) is 18.9 Å². The summed E-state index contributed by atoms with van der Waals surface area (Å²) in [5.74, 6) is 0. The molecule has 5 atom stereocenters. The Kier molecular flexibility index (Phi) is 2.88. The number of rotatable bonds is 1. The summed E-state index contributed by atoms with van der Waals surface area (Å²) in [6, 6.07) is 0. The Hall–Kier alpha value is -0.850. The number of hydrogen-bond donors (Lipinski definition) is 1. The van der Waals surface area contributed by atoms with Crippen molar-refractivity contribution in [3.8, 4) is 0 Å². The van der Waals surface area contributed by atoms with Gasteiger partial charge in [-0.15, -0.1) is 0 Å². The number of fused-ring (bicyclic) bond motifs is 1. The van der Waals surface area contributed by atoms with Gasteiger partial charge in [-0.1, -0.05) is 0 Å². The van der Waals surface area contributed by atoms with Crippen molar-refractivity contribution in [1.82, 2.24) is 0 Å². The van der Waals surface area contributed by atoms with Gasteiger partial charge in [0.1, 0.15) is 12.2 Å². The normalized spacial score (nSPS) is 50.5. The van der Waals surface area contributed by atoms with Crippen LogP contribution in [0.3, 0.4) is 0 Å². The van der Waals surface area contributed by atoms with Crippen LogP contribution in [-0.2, 0) is 18.9 Å². The smallest absolute Gasteiger partial charge is 0.430 e. The Labute approximate surface area is 118 Å². The minimum atomic E-state index is -0.652. The topological polar surface area (TPSA) is 74.2 Å². The zero-order chi connectivity index (χ0) is 14.8. The fourth-order valence-corrected chi connectivity index (χ4v) is 3.46. The summed E-state index contributed by atoms with van der Waals surface area (Å²) in [6.07, 6.45) is -0.691. The maximum absolute atomic E-state index is 11.1. The lowest BCUT2D eigenvalue weighted by Crippen LogP contribution is -2.57. The van der Waals surface area contributed by atoms with Gasteiger partial charge in [0.2, 0.25) is 0 Å². The van der Waals surface area contributed by atoms with Gasteiger partial charge in [0, 0.05) is 12.8 Å². The molecule has 3 aliphatic heterocycles. The Morgan fingerprint density at radius 1 is 1.10 bits per heavy atom. The van der Waals surface area contributed by atoms with Gasteiger partial charge in [-0.25, -0.2) is 4.79 Å². The molecule has 3 fully saturated rings. The summed E-state index contributed by atoms with van der Waals surface area (Å²) < 4.78 is 22.3. The van der Waals surface area contributed by atoms with E-state index in [1.807, 2.05) is 27.7 Å². The molecule has 3 aliphatic rings. The predicted molar refractivity (Wildman–Crippen MR) is 68.3 cm³/mol. The van der Waals surface area contributed by atoms with Crippen molar-refractivity contribution in [2.75, 3.05) is 6.61 Å². The fourth-order valence-electron chi connectivity index (χ4n) is 3.46. The van der Waals surface area contributed by atoms with E-state index in [9.17, 15) is 9.90 Å². The second kappa shape index (κ2) is 4.08. The molecule has 6 heteroatoms. The van der Waals surface area contributed by atoms with Gasteiger partial charge in [-0.05, 0) is 27.7 Å². The molecule has 0 radical (unpaired) electrons. The maximum Gasteiger partial charge on any atom is 0.508 e. The first-order valence-corrected chi connectivity index (χ1v) is 7.04. The molecule has 0 amide bonds. The fraction of sp³-hybridized carbons (Fsp3) is 0.929. The van der Waals surface area contributed by atoms with Crippen LogP contribution in [0.1, 0.15) is 40.5 Å². The summed E-state index contributed by atoms with van der Waals surface area (Å²) in [5.41, 5.74) is -1.81. The second-order valence-electron chi connectivity index (χ2n) is 7.03. The van der Waals surface area contributed by atoms with Crippen LogP contribution in [0.4, 0.5) is 4.79 Å². The average Bonchev–Trinajstić information content (AvgIpc) is 2.82. The van der Waals surface area contributed by atoms with E-state index < -0.39 is 35.2 Å². The third kappa shape index (κ3) is 2.01. The third-order valence-electron chi connectivity index (χ3n) is 4.86. The molecule has 3 heterocycles. The Balaban J connectivity index is 1.82. The number of hydrogen-bond acceptors (Lipinski definition) is 6. The number of carbonyl (C=O) groups is 1. The predicted octanol–water partition coefficient (Wildman–Crippen LogP) is 1.39. The van der Waals surface area contributed by atoms with Crippen LogP contribution in [0.25, 0.3) is 0 Å². The number of carbonyl (C=O) groups excluding carboxylic acids is 1. The van der Waals surface area contributed by atoms with Gasteiger partial charge in [-0.3, -0.25) is 0 Å². The molecular formula is C14H22O6. The molecule has 0 aromatic rings. The van der Waals surface area contributed by atoms with Gasteiger partial charge in [-0.2, -0.15) is 0 Å². The molecule has 3 saturated heterocycles. The van der Waals surface area contributed by atoms with Crippen LogP contribution in [0.15, 0.2) is 0 Å². The quantitative estimate of drug-likeness (QED) is 0.734. The molecule has 0 bridgehead atoms. The number of ether oxygens (including phenoxy) is 4. The van der Waals surface area contributed by atoms with Crippen molar-refractivity contribution in [3.05, 3.63) is 0 Å². The summed E-state index contributed by atoms with van der Waals surface area (Å²) in [5, 5.41) is 10.2. The number of aliphatic hydroxyl groups is 1. The first kappa shape index (κ1) is 14.1. The van der Waals surface area contributed by atoms with Gasteiger partial charge in [0.15, 0.2) is 6.10 Å². The summed E-state index contributed by atoms with van der Waals surface area (Å²) >= 11 is 0. The molecule has 1 N–H and O–H groups in total. The van der Waals surface area contributed by atoms with Crippen molar-refractivity contribution in [1.29, 1.82) is 0 Å². The number of cyclic esters (lactones) is 2. The van der Waals surface area contributed by atoms with E-state index in [-0.39, 0.29) is 12.7 Å². The van der Waals surface area contributed by atoms with E-state index in [0.29, 0.717) is 12.8 Å². The van der Waals surface area contributed by atoms with Crippen LogP contribution in [0.5, 0.6) is 0 Å². The van der Waals surface area contributed by atoms with E-state index >= 15 is 0 Å². The highest BCUT2D eigenvalue weighted by Gasteiger charge is 2.62. The maximum atomic E-state index is 11.1. The molecule has 6 nitrogen and oxygen atoms in total. The Morgan fingerprint density at radius 2 is 1.75 bits per heavy atom. The van der Waals surface area contributed by atoms with Gasteiger partial charge in [0.25, 0.3) is 0 Å². The summed E-state index contributed by atoms with van der Waals surface area (Å²) in [4.78, 5) is 11.1. The largest absolute Gasteiger partial charge is 0.508 e. The van der Waals surface area contributed by atoms with Crippen molar-refractivity contribution >= 4 is 6.16 Å². The van der Waals surface area contributed by atoms with Gasteiger partial charge in [0.05, 0.1) is 23.4 Å². The zero-order valence-electron chi connectivity index (χ0n) is 12.3. The Bertz CT molecular complexity index is 435. The molecule has 0 aromatic carbocycles. The molecule has 0 spiro atoms. The van der Waals surface area contributed by atoms with E-state index in [1.165, 1.54) is 0 Å². The lowest BCUT2D eigenvalue weighted by molar-refractivity contribution is -0.240. The van der Waals surface area contributed by atoms with Crippen molar-refractivity contribution in [3.63, 3.8) is 0 Å². The molecule has 3 rings (SSSR count). The summed E-state index contributed by atoms with van der Waals surface area (Å²) in [6.45, 7) is 7.81. The lowest BCUT2D eigenvalue weighted by atomic mass is 9.81. The highest BCUT2D eigenvalue weighted by Crippen LogP contribution is 2.50. The first-order chi connectivity index (χ1) is 9.15. The molecule has 0 aromatic heterocycles. The van der Waals surface area contributed by atoms with Crippen molar-refractivity contribution in [2.24, 2.45) is 0 Å². The van der Waals surface area contributed by atoms with Crippen LogP contribution in [0, 0.1) is 0 Å². The Morgan fingerprint density at radius 3 is 2.35 bits per heavy atom. The highest BCUT2D eigenvalue weighted by molar-refractivity contribution is 5.62. The van der Waals surface area contributed by atoms with Crippen LogP contribution >= 0.6 is 0 Å². The third-order valence-corrected chi connectivity index (χ3v) is 4.86.